The molecule has 0 fully saturated rings. The lowest BCUT2D eigenvalue weighted by atomic mass is 9.89. The van der Waals surface area contributed by atoms with Gasteiger partial charge < -0.3 is 10.4 Å². The summed E-state index contributed by atoms with van der Waals surface area (Å²) in [6.07, 6.45) is 2.16. The largest absolute Gasteiger partial charge is 0.396 e. The number of nitrogens with one attached hydrogen (secondary N) is 1. The van der Waals surface area contributed by atoms with Crippen LogP contribution < -0.4 is 5.32 Å². The molecule has 0 aliphatic rings. The first-order chi connectivity index (χ1) is 11.7. The van der Waals surface area contributed by atoms with E-state index < -0.39 is 0 Å². The Bertz CT molecular complexity index is 721. The molecule has 2 rings (SSSR count). The van der Waals surface area contributed by atoms with Crippen LogP contribution in [-0.2, 0) is 0 Å². The molecule has 0 spiro atoms. The number of carbonyl (C=O) groups is 1. The van der Waals surface area contributed by atoms with Crippen LogP contribution >= 0.6 is 0 Å². The van der Waals surface area contributed by atoms with Crippen LogP contribution in [0.1, 0.15) is 56.1 Å². The summed E-state index contributed by atoms with van der Waals surface area (Å²) in [7, 11) is 0. The lowest BCUT2D eigenvalue weighted by molar-refractivity contribution is 0.0927. The zero-order valence-electron chi connectivity index (χ0n) is 15.2. The summed E-state index contributed by atoms with van der Waals surface area (Å²) < 4.78 is 14.8. The van der Waals surface area contributed by atoms with Gasteiger partial charge in [-0.05, 0) is 42.0 Å². The van der Waals surface area contributed by atoms with Gasteiger partial charge >= 0.3 is 0 Å². The molecule has 1 aromatic heterocycles. The number of hydrogen-bond acceptors (Lipinski definition) is 3. The summed E-state index contributed by atoms with van der Waals surface area (Å²) in [4.78, 5) is 12.6. The second kappa shape index (κ2) is 7.78. The van der Waals surface area contributed by atoms with Crippen LogP contribution in [0.25, 0.3) is 5.69 Å². The number of nitrogens with zero attached hydrogens (tertiary/aromatic N) is 2. The number of halogens is 1. The molecule has 1 heterocycles. The highest BCUT2D eigenvalue weighted by atomic mass is 19.1. The van der Waals surface area contributed by atoms with Gasteiger partial charge in [0.15, 0.2) is 0 Å². The number of aliphatic hydroxyl groups excluding tert-OH is 1. The van der Waals surface area contributed by atoms with E-state index in [0.717, 1.165) is 5.69 Å². The Kier molecular flexibility index (Phi) is 5.95. The number of benzene rings is 1. The number of aliphatic hydroxyl groups is 1. The fourth-order valence-electron chi connectivity index (χ4n) is 2.68. The average molecular weight is 347 g/mol. The van der Waals surface area contributed by atoms with Crippen LogP contribution in [0.2, 0.25) is 0 Å². The molecule has 25 heavy (non-hydrogen) atoms. The third-order valence-corrected chi connectivity index (χ3v) is 4.19. The van der Waals surface area contributed by atoms with Crippen LogP contribution in [0.3, 0.4) is 0 Å². The number of rotatable bonds is 7. The maximum atomic E-state index is 13.2. The van der Waals surface area contributed by atoms with Crippen molar-refractivity contribution in [3.8, 4) is 5.69 Å². The van der Waals surface area contributed by atoms with E-state index in [2.05, 4.69) is 10.4 Å². The highest BCUT2D eigenvalue weighted by molar-refractivity contribution is 5.95. The molecule has 0 saturated heterocycles. The summed E-state index contributed by atoms with van der Waals surface area (Å²) in [6, 6.07) is 6.02. The molecule has 0 atom stereocenters. The van der Waals surface area contributed by atoms with Crippen molar-refractivity contribution in [2.45, 2.75) is 40.0 Å². The predicted octanol–water partition coefficient (Wildman–Crippen LogP) is 3.27. The second-order valence-corrected chi connectivity index (χ2v) is 7.31. The standard InChI is InChI=1S/C19H26FN3O2/c1-13(2)17-16(18(25)21-12-19(3,4)9-10-24)11-22-23(17)15-7-5-14(20)6-8-15/h5-8,11,13,24H,9-10,12H2,1-4H3,(H,21,25). The molecule has 1 aromatic carbocycles. The predicted molar refractivity (Wildman–Crippen MR) is 95.4 cm³/mol. The number of aromatic nitrogens is 2. The molecule has 5 nitrogen and oxygen atoms in total. The van der Waals surface area contributed by atoms with Gasteiger partial charge in [-0.2, -0.15) is 5.10 Å². The Morgan fingerprint density at radius 3 is 2.52 bits per heavy atom. The summed E-state index contributed by atoms with van der Waals surface area (Å²) >= 11 is 0. The van der Waals surface area contributed by atoms with E-state index in [1.54, 1.807) is 23.0 Å². The van der Waals surface area contributed by atoms with Gasteiger partial charge in [-0.25, -0.2) is 9.07 Å². The fourth-order valence-corrected chi connectivity index (χ4v) is 2.68. The van der Waals surface area contributed by atoms with Crippen LogP contribution in [-0.4, -0.2) is 33.9 Å². The first kappa shape index (κ1) is 19.1. The summed E-state index contributed by atoms with van der Waals surface area (Å²) in [6.45, 7) is 8.52. The SMILES string of the molecule is CC(C)c1c(C(=O)NCC(C)(C)CCO)cnn1-c1ccc(F)cc1. The molecular formula is C19H26FN3O2. The summed E-state index contributed by atoms with van der Waals surface area (Å²) in [5.41, 5.74) is 1.82. The topological polar surface area (TPSA) is 67.2 Å². The maximum absolute atomic E-state index is 13.2. The molecule has 2 aromatic rings. The average Bonchev–Trinajstić information content (AvgIpc) is 2.98. The van der Waals surface area contributed by atoms with Crippen molar-refractivity contribution in [2.24, 2.45) is 5.41 Å². The molecule has 0 saturated carbocycles. The molecule has 0 aliphatic carbocycles. The fraction of sp³-hybridized carbons (Fsp3) is 0.474. The van der Waals surface area contributed by atoms with E-state index in [1.807, 2.05) is 27.7 Å². The van der Waals surface area contributed by atoms with Gasteiger partial charge in [0, 0.05) is 13.2 Å². The lowest BCUT2D eigenvalue weighted by Gasteiger charge is -2.24. The third kappa shape index (κ3) is 4.66. The zero-order chi connectivity index (χ0) is 18.6. The second-order valence-electron chi connectivity index (χ2n) is 7.31. The van der Waals surface area contributed by atoms with Gasteiger partial charge in [0.1, 0.15) is 5.82 Å². The smallest absolute Gasteiger partial charge is 0.254 e. The zero-order valence-corrected chi connectivity index (χ0v) is 15.2. The molecule has 2 N–H and O–H groups in total. The van der Waals surface area contributed by atoms with Crippen LogP contribution in [0.5, 0.6) is 0 Å². The van der Waals surface area contributed by atoms with E-state index >= 15 is 0 Å². The maximum Gasteiger partial charge on any atom is 0.254 e. The van der Waals surface area contributed by atoms with E-state index in [0.29, 0.717) is 24.2 Å². The van der Waals surface area contributed by atoms with Gasteiger partial charge in [-0.1, -0.05) is 27.7 Å². The van der Waals surface area contributed by atoms with Crippen molar-refractivity contribution in [3.63, 3.8) is 0 Å². The van der Waals surface area contributed by atoms with Gasteiger partial charge in [0.05, 0.1) is 23.1 Å². The first-order valence-electron chi connectivity index (χ1n) is 8.48. The summed E-state index contributed by atoms with van der Waals surface area (Å²) in [5.74, 6) is -0.437. The quantitative estimate of drug-likeness (QED) is 0.808. The molecule has 0 unspecified atom stereocenters. The molecule has 0 radical (unpaired) electrons. The van der Waals surface area contributed by atoms with Crippen molar-refractivity contribution < 1.29 is 14.3 Å². The van der Waals surface area contributed by atoms with Gasteiger partial charge in [-0.15, -0.1) is 0 Å². The van der Waals surface area contributed by atoms with Crippen molar-refractivity contribution in [1.29, 1.82) is 0 Å². The van der Waals surface area contributed by atoms with Crippen molar-refractivity contribution in [1.82, 2.24) is 15.1 Å². The van der Waals surface area contributed by atoms with Gasteiger partial charge in [-0.3, -0.25) is 4.79 Å². The van der Waals surface area contributed by atoms with Crippen LogP contribution in [0, 0.1) is 11.2 Å². The number of amides is 1. The highest BCUT2D eigenvalue weighted by Gasteiger charge is 2.23. The number of hydrogen-bond donors (Lipinski definition) is 2. The molecule has 6 heteroatoms. The Labute approximate surface area is 147 Å². The molecule has 0 bridgehead atoms. The van der Waals surface area contributed by atoms with E-state index in [1.165, 1.54) is 12.1 Å². The normalized spacial score (nSPS) is 11.8. The lowest BCUT2D eigenvalue weighted by Crippen LogP contribution is -2.35. The molecular weight excluding hydrogens is 321 g/mol. The van der Waals surface area contributed by atoms with Crippen LogP contribution in [0.15, 0.2) is 30.5 Å². The minimum absolute atomic E-state index is 0.0683. The van der Waals surface area contributed by atoms with Crippen molar-refractivity contribution in [3.05, 3.63) is 47.5 Å². The van der Waals surface area contributed by atoms with Crippen molar-refractivity contribution >= 4 is 5.91 Å². The minimum atomic E-state index is -0.314. The van der Waals surface area contributed by atoms with Gasteiger partial charge in [0.25, 0.3) is 5.91 Å². The van der Waals surface area contributed by atoms with Crippen molar-refractivity contribution in [2.75, 3.05) is 13.2 Å². The molecule has 136 valence electrons. The Hall–Kier alpha value is -2.21. The molecule has 0 aliphatic heterocycles. The Balaban J connectivity index is 2.27. The Morgan fingerprint density at radius 1 is 1.32 bits per heavy atom. The minimum Gasteiger partial charge on any atom is -0.396 e. The van der Waals surface area contributed by atoms with Crippen LogP contribution in [0.4, 0.5) is 4.39 Å². The third-order valence-electron chi connectivity index (χ3n) is 4.19. The van der Waals surface area contributed by atoms with E-state index in [4.69, 9.17) is 5.11 Å². The van der Waals surface area contributed by atoms with Gasteiger partial charge in [0.2, 0.25) is 0 Å². The molecule has 1 amide bonds. The monoisotopic (exact) mass is 347 g/mol. The van der Waals surface area contributed by atoms with E-state index in [9.17, 15) is 9.18 Å². The Morgan fingerprint density at radius 2 is 1.96 bits per heavy atom. The summed E-state index contributed by atoms with van der Waals surface area (Å²) in [5, 5.41) is 16.4. The number of carbonyl (C=O) groups excluding carboxylic acids is 1. The first-order valence-corrected chi connectivity index (χ1v) is 8.48. The highest BCUT2D eigenvalue weighted by Crippen LogP contribution is 2.24. The van der Waals surface area contributed by atoms with E-state index in [-0.39, 0.29) is 29.7 Å².